The van der Waals surface area contributed by atoms with Crippen LogP contribution in [0.3, 0.4) is 0 Å². The van der Waals surface area contributed by atoms with Crippen LogP contribution in [-0.2, 0) is 9.59 Å². The van der Waals surface area contributed by atoms with Crippen molar-refractivity contribution in [2.75, 3.05) is 0 Å². The van der Waals surface area contributed by atoms with Gasteiger partial charge >= 0.3 is 0 Å². The number of hydrazone groups is 1. The lowest BCUT2D eigenvalue weighted by Crippen LogP contribution is -2.40. The van der Waals surface area contributed by atoms with Gasteiger partial charge in [-0.3, -0.25) is 9.59 Å². The maximum atomic E-state index is 13.1. The van der Waals surface area contributed by atoms with E-state index in [-0.39, 0.29) is 41.3 Å². The van der Waals surface area contributed by atoms with Gasteiger partial charge in [-0.15, -0.1) is 0 Å². The third kappa shape index (κ3) is 2.14. The number of amides is 2. The van der Waals surface area contributed by atoms with Gasteiger partial charge in [-0.2, -0.15) is 10.1 Å². The summed E-state index contributed by atoms with van der Waals surface area (Å²) in [4.78, 5) is 25.8. The largest absolute Gasteiger partial charge is 0.455 e. The molecule has 2 bridgehead atoms. The van der Waals surface area contributed by atoms with Crippen LogP contribution in [0.25, 0.3) is 11.3 Å². The van der Waals surface area contributed by atoms with Crippen molar-refractivity contribution in [3.05, 3.63) is 60.1 Å². The molecule has 2 aromatic rings. The van der Waals surface area contributed by atoms with Crippen molar-refractivity contribution in [2.24, 2.45) is 40.6 Å². The molecule has 0 spiro atoms. The molecule has 1 aromatic heterocycles. The van der Waals surface area contributed by atoms with E-state index in [9.17, 15) is 14.0 Å². The van der Waals surface area contributed by atoms with Crippen LogP contribution in [0.2, 0.25) is 0 Å². The lowest BCUT2D eigenvalue weighted by atomic mass is 9.63. The van der Waals surface area contributed by atoms with Gasteiger partial charge in [-0.1, -0.05) is 12.2 Å². The van der Waals surface area contributed by atoms with Gasteiger partial charge in [0, 0.05) is 5.56 Å². The molecule has 1 aromatic carbocycles. The van der Waals surface area contributed by atoms with Crippen molar-refractivity contribution in [1.82, 2.24) is 5.01 Å². The predicted octanol–water partition coefficient (Wildman–Crippen LogP) is 3.47. The van der Waals surface area contributed by atoms with Crippen LogP contribution in [0, 0.1) is 41.3 Å². The third-order valence-corrected chi connectivity index (χ3v) is 6.70. The zero-order chi connectivity index (χ0) is 19.0. The number of carbonyl (C=O) groups is 2. The Morgan fingerprint density at radius 2 is 1.61 bits per heavy atom. The summed E-state index contributed by atoms with van der Waals surface area (Å²) in [5, 5.41) is 5.20. The van der Waals surface area contributed by atoms with Gasteiger partial charge in [0.1, 0.15) is 17.3 Å². The van der Waals surface area contributed by atoms with Crippen molar-refractivity contribution in [2.45, 2.75) is 6.42 Å². The summed E-state index contributed by atoms with van der Waals surface area (Å²) in [5.74, 6) is 1.30. The standard InChI is InChI=1S/C22H17FN2O3/c23-12-3-1-11(2-4-12)18-8-5-13(28-18)10-24-25-21(26)19-14-6-7-15(17-9-16(14)17)20(19)22(25)27/h1-8,10,14-17,19-20H,9H2/b24-10-/t14-,15-,16-,17-,19-,20+/m1/s1. The summed E-state index contributed by atoms with van der Waals surface area (Å²) in [6, 6.07) is 9.44. The number of hydrogen-bond donors (Lipinski definition) is 0. The van der Waals surface area contributed by atoms with Crippen molar-refractivity contribution in [1.29, 1.82) is 0 Å². The topological polar surface area (TPSA) is 62.9 Å². The minimum absolute atomic E-state index is 0.186. The third-order valence-electron chi connectivity index (χ3n) is 6.70. The van der Waals surface area contributed by atoms with Gasteiger partial charge in [0.2, 0.25) is 0 Å². The molecule has 2 saturated carbocycles. The molecule has 140 valence electrons. The van der Waals surface area contributed by atoms with E-state index in [4.69, 9.17) is 4.42 Å². The molecule has 7 rings (SSSR count). The summed E-state index contributed by atoms with van der Waals surface area (Å²) in [5.41, 5.74) is 0.738. The number of rotatable bonds is 3. The maximum absolute atomic E-state index is 13.1. The van der Waals surface area contributed by atoms with Gasteiger partial charge < -0.3 is 4.42 Å². The Kier molecular flexibility index (Phi) is 3.14. The van der Waals surface area contributed by atoms with Gasteiger partial charge in [0.15, 0.2) is 0 Å². The first kappa shape index (κ1) is 16.0. The predicted molar refractivity (Wildman–Crippen MR) is 98.2 cm³/mol. The fourth-order valence-corrected chi connectivity index (χ4v) is 5.36. The number of furan rings is 1. The summed E-state index contributed by atoms with van der Waals surface area (Å²) >= 11 is 0. The van der Waals surface area contributed by atoms with E-state index in [0.717, 1.165) is 17.0 Å². The zero-order valence-electron chi connectivity index (χ0n) is 14.9. The van der Waals surface area contributed by atoms with Crippen LogP contribution >= 0.6 is 0 Å². The van der Waals surface area contributed by atoms with Gasteiger partial charge in [0.05, 0.1) is 18.1 Å². The smallest absolute Gasteiger partial charge is 0.254 e. The van der Waals surface area contributed by atoms with E-state index in [1.807, 2.05) is 0 Å². The lowest BCUT2D eigenvalue weighted by Gasteiger charge is -2.37. The summed E-state index contributed by atoms with van der Waals surface area (Å²) in [6.45, 7) is 0. The number of nitrogens with zero attached hydrogens (tertiary/aromatic N) is 2. The molecule has 0 unspecified atom stereocenters. The highest BCUT2D eigenvalue weighted by Crippen LogP contribution is 2.65. The van der Waals surface area contributed by atoms with Crippen LogP contribution in [0.5, 0.6) is 0 Å². The number of benzene rings is 1. The molecule has 0 radical (unpaired) electrons. The van der Waals surface area contributed by atoms with Crippen LogP contribution in [0.4, 0.5) is 4.39 Å². The van der Waals surface area contributed by atoms with Crippen LogP contribution in [-0.4, -0.2) is 23.0 Å². The van der Waals surface area contributed by atoms with Crippen molar-refractivity contribution in [3.8, 4) is 11.3 Å². The molecule has 5 aliphatic rings. The fourth-order valence-electron chi connectivity index (χ4n) is 5.36. The van der Waals surface area contributed by atoms with Gasteiger partial charge in [0.25, 0.3) is 11.8 Å². The second kappa shape index (κ2) is 5.50. The van der Waals surface area contributed by atoms with E-state index in [1.165, 1.54) is 18.3 Å². The molecule has 1 aliphatic heterocycles. The fraction of sp³-hybridized carbons (Fsp3) is 0.318. The molecule has 2 heterocycles. The molecule has 5 nitrogen and oxygen atoms in total. The number of halogens is 1. The normalized spacial score (nSPS) is 35.0. The van der Waals surface area contributed by atoms with E-state index in [1.54, 1.807) is 24.3 Å². The number of hydrogen-bond acceptors (Lipinski definition) is 4. The Morgan fingerprint density at radius 1 is 0.964 bits per heavy atom. The first-order valence-electron chi connectivity index (χ1n) is 9.58. The van der Waals surface area contributed by atoms with Crippen LogP contribution in [0.1, 0.15) is 12.2 Å². The van der Waals surface area contributed by atoms with Gasteiger partial charge in [-0.25, -0.2) is 4.39 Å². The highest BCUT2D eigenvalue weighted by molar-refractivity contribution is 6.06. The minimum Gasteiger partial charge on any atom is -0.455 e. The quantitative estimate of drug-likeness (QED) is 0.468. The highest BCUT2D eigenvalue weighted by atomic mass is 19.1. The maximum Gasteiger partial charge on any atom is 0.254 e. The van der Waals surface area contributed by atoms with Crippen LogP contribution in [0.15, 0.2) is 58.1 Å². The second-order valence-electron chi connectivity index (χ2n) is 8.10. The Morgan fingerprint density at radius 3 is 2.25 bits per heavy atom. The van der Waals surface area contributed by atoms with Gasteiger partial charge in [-0.05, 0) is 66.5 Å². The number of imide groups is 1. The van der Waals surface area contributed by atoms with Crippen molar-refractivity contribution >= 4 is 18.0 Å². The second-order valence-corrected chi connectivity index (χ2v) is 8.10. The van der Waals surface area contributed by atoms with E-state index in [0.29, 0.717) is 23.4 Å². The molecule has 1 saturated heterocycles. The average molecular weight is 376 g/mol. The Labute approximate surface area is 160 Å². The van der Waals surface area contributed by atoms with Crippen molar-refractivity contribution in [3.63, 3.8) is 0 Å². The summed E-state index contributed by atoms with van der Waals surface area (Å²) in [7, 11) is 0. The molecule has 6 atom stereocenters. The van der Waals surface area contributed by atoms with Crippen LogP contribution < -0.4 is 0 Å². The summed E-state index contributed by atoms with van der Waals surface area (Å²) in [6.07, 6.45) is 6.81. The first-order chi connectivity index (χ1) is 13.6. The molecule has 6 heteroatoms. The SMILES string of the molecule is O=C1[C@@H]2[C@@H]3C=C[C@H]([C@H]4C[C@H]34)[C@@H]2C(=O)N1/N=C\c1ccc(-c2ccc(F)cc2)o1. The molecular weight excluding hydrogens is 359 g/mol. The number of carbonyl (C=O) groups excluding carboxylic acids is 2. The highest BCUT2D eigenvalue weighted by Gasteiger charge is 2.67. The van der Waals surface area contributed by atoms with E-state index >= 15 is 0 Å². The molecule has 3 fully saturated rings. The van der Waals surface area contributed by atoms with E-state index in [2.05, 4.69) is 17.3 Å². The Hall–Kier alpha value is -3.02. The van der Waals surface area contributed by atoms with Crippen molar-refractivity contribution < 1.29 is 18.4 Å². The summed E-state index contributed by atoms with van der Waals surface area (Å²) < 4.78 is 18.8. The first-order valence-corrected chi connectivity index (χ1v) is 9.58. The zero-order valence-corrected chi connectivity index (χ0v) is 14.9. The Balaban J connectivity index is 1.24. The van der Waals surface area contributed by atoms with E-state index < -0.39 is 0 Å². The molecule has 2 amide bonds. The average Bonchev–Trinajstić information content (AvgIpc) is 3.34. The Bertz CT molecular complexity index is 1020. The number of allylic oxidation sites excluding steroid dienone is 2. The molecule has 4 aliphatic carbocycles. The lowest BCUT2D eigenvalue weighted by molar-refractivity contribution is -0.140. The minimum atomic E-state index is -0.314. The molecule has 28 heavy (non-hydrogen) atoms. The molecular formula is C22H17FN2O3. The molecule has 0 N–H and O–H groups in total. The monoisotopic (exact) mass is 376 g/mol.